The van der Waals surface area contributed by atoms with Gasteiger partial charge in [-0.15, -0.1) is 0 Å². The number of hydrogen-bond acceptors (Lipinski definition) is 4. The Morgan fingerprint density at radius 2 is 1.84 bits per heavy atom. The Morgan fingerprint density at radius 3 is 2.52 bits per heavy atom. The minimum atomic E-state index is -0.0436. The van der Waals surface area contributed by atoms with Crippen LogP contribution in [0.15, 0.2) is 48.7 Å². The summed E-state index contributed by atoms with van der Waals surface area (Å²) in [5.74, 6) is -0.0436. The third-order valence-corrected chi connectivity index (χ3v) is 4.76. The molecule has 1 aromatic heterocycles. The SMILES string of the molecule is CCN1CCN(c2ccnc(C(=O)N(C)Cc3ccccc3)c2)CC1. The van der Waals surface area contributed by atoms with Gasteiger partial charge in [-0.1, -0.05) is 37.3 Å². The van der Waals surface area contributed by atoms with Gasteiger partial charge in [0.05, 0.1) is 0 Å². The van der Waals surface area contributed by atoms with Crippen LogP contribution in [0.3, 0.4) is 0 Å². The maximum Gasteiger partial charge on any atom is 0.272 e. The van der Waals surface area contributed by atoms with Gasteiger partial charge in [0.15, 0.2) is 0 Å². The van der Waals surface area contributed by atoms with E-state index < -0.39 is 0 Å². The molecule has 0 aliphatic carbocycles. The molecule has 5 nitrogen and oxygen atoms in total. The Labute approximate surface area is 149 Å². The fourth-order valence-corrected chi connectivity index (χ4v) is 3.18. The number of aromatic nitrogens is 1. The summed E-state index contributed by atoms with van der Waals surface area (Å²) in [7, 11) is 1.82. The topological polar surface area (TPSA) is 39.7 Å². The molecule has 3 rings (SSSR count). The van der Waals surface area contributed by atoms with Crippen molar-refractivity contribution in [2.75, 3.05) is 44.7 Å². The fraction of sp³-hybridized carbons (Fsp3) is 0.400. The minimum absolute atomic E-state index is 0.0436. The van der Waals surface area contributed by atoms with Crippen LogP contribution in [0, 0.1) is 0 Å². The molecular weight excluding hydrogens is 312 g/mol. The number of likely N-dealkylation sites (N-methyl/N-ethyl adjacent to an activating group) is 1. The van der Waals surface area contributed by atoms with Crippen molar-refractivity contribution in [2.45, 2.75) is 13.5 Å². The highest BCUT2D eigenvalue weighted by Crippen LogP contribution is 2.18. The summed E-state index contributed by atoms with van der Waals surface area (Å²) in [6.07, 6.45) is 1.74. The van der Waals surface area contributed by atoms with Crippen molar-refractivity contribution in [3.05, 3.63) is 59.9 Å². The highest BCUT2D eigenvalue weighted by atomic mass is 16.2. The standard InChI is InChI=1S/C20H26N4O/c1-3-23-11-13-24(14-12-23)18-9-10-21-19(15-18)20(25)22(2)16-17-7-5-4-6-8-17/h4-10,15H,3,11-14,16H2,1-2H3. The van der Waals surface area contributed by atoms with Gasteiger partial charge in [0.1, 0.15) is 5.69 Å². The molecule has 0 saturated carbocycles. The summed E-state index contributed by atoms with van der Waals surface area (Å²) in [5, 5.41) is 0. The molecule has 25 heavy (non-hydrogen) atoms. The molecule has 132 valence electrons. The summed E-state index contributed by atoms with van der Waals surface area (Å²) in [4.78, 5) is 23.5. The molecule has 0 radical (unpaired) electrons. The van der Waals surface area contributed by atoms with Gasteiger partial charge < -0.3 is 14.7 Å². The lowest BCUT2D eigenvalue weighted by atomic mass is 10.2. The second kappa shape index (κ2) is 8.12. The molecule has 2 heterocycles. The van der Waals surface area contributed by atoms with Crippen LogP contribution in [-0.4, -0.2) is 60.5 Å². The lowest BCUT2D eigenvalue weighted by Gasteiger charge is -2.35. The zero-order chi connectivity index (χ0) is 17.6. The lowest BCUT2D eigenvalue weighted by Crippen LogP contribution is -2.46. The first-order valence-corrected chi connectivity index (χ1v) is 8.90. The third kappa shape index (κ3) is 4.37. The van der Waals surface area contributed by atoms with E-state index in [0.29, 0.717) is 12.2 Å². The van der Waals surface area contributed by atoms with Crippen molar-refractivity contribution in [3.63, 3.8) is 0 Å². The van der Waals surface area contributed by atoms with E-state index in [9.17, 15) is 4.79 Å². The molecule has 2 aromatic rings. The molecule has 1 amide bonds. The number of carbonyl (C=O) groups excluding carboxylic acids is 1. The first-order valence-electron chi connectivity index (χ1n) is 8.90. The number of carbonyl (C=O) groups is 1. The summed E-state index contributed by atoms with van der Waals surface area (Å²) in [6.45, 7) is 7.99. The third-order valence-electron chi connectivity index (χ3n) is 4.76. The first-order chi connectivity index (χ1) is 12.2. The molecule has 0 atom stereocenters. The van der Waals surface area contributed by atoms with E-state index in [1.54, 1.807) is 11.1 Å². The van der Waals surface area contributed by atoms with E-state index in [4.69, 9.17) is 0 Å². The average molecular weight is 338 g/mol. The monoisotopic (exact) mass is 338 g/mol. The maximum atomic E-state index is 12.7. The molecule has 1 saturated heterocycles. The molecule has 1 fully saturated rings. The average Bonchev–Trinajstić information content (AvgIpc) is 2.68. The van der Waals surface area contributed by atoms with Gasteiger partial charge >= 0.3 is 0 Å². The van der Waals surface area contributed by atoms with E-state index in [-0.39, 0.29) is 5.91 Å². The predicted molar refractivity (Wildman–Crippen MR) is 101 cm³/mol. The number of pyridine rings is 1. The van der Waals surface area contributed by atoms with Crippen LogP contribution < -0.4 is 4.90 Å². The Bertz CT molecular complexity index is 696. The lowest BCUT2D eigenvalue weighted by molar-refractivity contribution is 0.0779. The zero-order valence-electron chi connectivity index (χ0n) is 15.1. The molecule has 0 unspecified atom stereocenters. The van der Waals surface area contributed by atoms with Crippen molar-refractivity contribution in [1.29, 1.82) is 0 Å². The molecule has 0 N–H and O–H groups in total. The summed E-state index contributed by atoms with van der Waals surface area (Å²) in [6, 6.07) is 13.9. The molecule has 1 aromatic carbocycles. The van der Waals surface area contributed by atoms with Crippen molar-refractivity contribution in [3.8, 4) is 0 Å². The van der Waals surface area contributed by atoms with Crippen LogP contribution in [0.2, 0.25) is 0 Å². The van der Waals surface area contributed by atoms with Crippen LogP contribution in [0.1, 0.15) is 23.0 Å². The van der Waals surface area contributed by atoms with Gasteiger partial charge in [0.2, 0.25) is 0 Å². The number of rotatable bonds is 5. The second-order valence-corrected chi connectivity index (χ2v) is 6.47. The van der Waals surface area contributed by atoms with E-state index in [0.717, 1.165) is 44.0 Å². The molecule has 1 aliphatic rings. The second-order valence-electron chi connectivity index (χ2n) is 6.47. The van der Waals surface area contributed by atoms with Gasteiger partial charge in [-0.3, -0.25) is 9.78 Å². The number of benzene rings is 1. The van der Waals surface area contributed by atoms with Gasteiger partial charge in [-0.2, -0.15) is 0 Å². The first kappa shape index (κ1) is 17.4. The van der Waals surface area contributed by atoms with Crippen LogP contribution in [0.4, 0.5) is 5.69 Å². The highest BCUT2D eigenvalue weighted by Gasteiger charge is 2.19. The number of nitrogens with zero attached hydrogens (tertiary/aromatic N) is 4. The number of anilines is 1. The van der Waals surface area contributed by atoms with E-state index in [1.165, 1.54) is 0 Å². The van der Waals surface area contributed by atoms with Crippen molar-refractivity contribution < 1.29 is 4.79 Å². The smallest absolute Gasteiger partial charge is 0.272 e. The van der Waals surface area contributed by atoms with E-state index in [2.05, 4.69) is 21.7 Å². The molecule has 0 bridgehead atoms. The Hall–Kier alpha value is -2.40. The predicted octanol–water partition coefficient (Wildman–Crippen LogP) is 2.50. The zero-order valence-corrected chi connectivity index (χ0v) is 15.1. The number of hydrogen-bond donors (Lipinski definition) is 0. The Morgan fingerprint density at radius 1 is 1.12 bits per heavy atom. The van der Waals surface area contributed by atoms with Crippen LogP contribution in [0.25, 0.3) is 0 Å². The van der Waals surface area contributed by atoms with Gasteiger partial charge in [-0.05, 0) is 24.2 Å². The maximum absolute atomic E-state index is 12.7. The molecule has 5 heteroatoms. The quantitative estimate of drug-likeness (QED) is 0.840. The number of amides is 1. The van der Waals surface area contributed by atoms with Crippen molar-refractivity contribution in [2.24, 2.45) is 0 Å². The fourth-order valence-electron chi connectivity index (χ4n) is 3.18. The molecular formula is C20H26N4O. The van der Waals surface area contributed by atoms with E-state index in [1.807, 2.05) is 49.5 Å². The molecule has 1 aliphatic heterocycles. The Balaban J connectivity index is 1.67. The highest BCUT2D eigenvalue weighted by molar-refractivity contribution is 5.93. The summed E-state index contributed by atoms with van der Waals surface area (Å²) in [5.41, 5.74) is 2.71. The number of piperazine rings is 1. The largest absolute Gasteiger partial charge is 0.369 e. The van der Waals surface area contributed by atoms with Crippen molar-refractivity contribution in [1.82, 2.24) is 14.8 Å². The van der Waals surface area contributed by atoms with Gasteiger partial charge in [0.25, 0.3) is 5.91 Å². The Kier molecular flexibility index (Phi) is 5.66. The van der Waals surface area contributed by atoms with Gasteiger partial charge in [0, 0.05) is 51.7 Å². The minimum Gasteiger partial charge on any atom is -0.369 e. The normalized spacial score (nSPS) is 15.2. The van der Waals surface area contributed by atoms with Crippen LogP contribution in [0.5, 0.6) is 0 Å². The van der Waals surface area contributed by atoms with Crippen LogP contribution >= 0.6 is 0 Å². The van der Waals surface area contributed by atoms with Gasteiger partial charge in [-0.25, -0.2) is 0 Å². The summed E-state index contributed by atoms with van der Waals surface area (Å²) < 4.78 is 0. The molecule has 0 spiro atoms. The summed E-state index contributed by atoms with van der Waals surface area (Å²) >= 11 is 0. The van der Waals surface area contributed by atoms with Crippen LogP contribution in [-0.2, 0) is 6.54 Å². The van der Waals surface area contributed by atoms with Crippen molar-refractivity contribution >= 4 is 11.6 Å². The van der Waals surface area contributed by atoms with E-state index >= 15 is 0 Å².